The second-order valence-corrected chi connectivity index (χ2v) is 7.77. The van der Waals surface area contributed by atoms with Gasteiger partial charge in [-0.25, -0.2) is 4.98 Å². The molecule has 0 bridgehead atoms. The molecule has 1 aliphatic rings. The minimum absolute atomic E-state index is 0.977. The molecule has 29 heavy (non-hydrogen) atoms. The Balaban J connectivity index is 1.26. The summed E-state index contributed by atoms with van der Waals surface area (Å²) in [7, 11) is 0. The first-order chi connectivity index (χ1) is 14.4. The van der Waals surface area contributed by atoms with Gasteiger partial charge in [0.2, 0.25) is 0 Å². The van der Waals surface area contributed by atoms with Gasteiger partial charge in [0, 0.05) is 56.2 Å². The van der Waals surface area contributed by atoms with Gasteiger partial charge in [-0.05, 0) is 41.3 Å². The van der Waals surface area contributed by atoms with Crippen LogP contribution in [0.5, 0.6) is 0 Å². The molecular weight excluding hydrogens is 356 g/mol. The Morgan fingerprint density at radius 1 is 0.793 bits per heavy atom. The van der Waals surface area contributed by atoms with Crippen LogP contribution in [0.2, 0.25) is 0 Å². The van der Waals surface area contributed by atoms with Crippen molar-refractivity contribution in [2.75, 3.05) is 31.1 Å². The summed E-state index contributed by atoms with van der Waals surface area (Å²) >= 11 is 0. The molecule has 0 unspecified atom stereocenters. The maximum atomic E-state index is 4.41. The third kappa shape index (κ3) is 3.89. The second kappa shape index (κ2) is 8.10. The third-order valence-corrected chi connectivity index (χ3v) is 5.87. The minimum atomic E-state index is 0.977. The van der Waals surface area contributed by atoms with E-state index < -0.39 is 0 Å². The van der Waals surface area contributed by atoms with Gasteiger partial charge in [0.05, 0.1) is 0 Å². The van der Waals surface area contributed by atoms with Crippen molar-refractivity contribution in [2.45, 2.75) is 13.0 Å². The maximum Gasteiger partial charge on any atom is 0.137 e. The Morgan fingerprint density at radius 3 is 2.45 bits per heavy atom. The number of piperazine rings is 1. The fourth-order valence-corrected chi connectivity index (χ4v) is 4.32. The number of nitrogens with one attached hydrogen (secondary N) is 1. The molecule has 5 rings (SSSR count). The molecule has 146 valence electrons. The van der Waals surface area contributed by atoms with Crippen LogP contribution in [0.1, 0.15) is 16.7 Å². The van der Waals surface area contributed by atoms with E-state index in [4.69, 9.17) is 0 Å². The zero-order chi connectivity index (χ0) is 19.5. The standard InChI is InChI=1S/C25H26N4/c1-2-7-20(8-3-1)17-21-9-4-5-11-24(21)29-15-13-28(14-16-29)19-22-18-27-25-23(22)10-6-12-26-25/h1-12,18H,13-17,19H2,(H,26,27). The predicted octanol–water partition coefficient (Wildman–Crippen LogP) is 4.48. The molecule has 0 aliphatic carbocycles. The van der Waals surface area contributed by atoms with Crippen LogP contribution in [0.15, 0.2) is 79.1 Å². The van der Waals surface area contributed by atoms with E-state index in [-0.39, 0.29) is 0 Å². The van der Waals surface area contributed by atoms with Gasteiger partial charge in [0.1, 0.15) is 5.65 Å². The summed E-state index contributed by atoms with van der Waals surface area (Å²) < 4.78 is 0. The lowest BCUT2D eigenvalue weighted by molar-refractivity contribution is 0.250. The van der Waals surface area contributed by atoms with Crippen LogP contribution in [-0.4, -0.2) is 41.0 Å². The summed E-state index contributed by atoms with van der Waals surface area (Å²) in [4.78, 5) is 12.8. The zero-order valence-corrected chi connectivity index (χ0v) is 16.6. The van der Waals surface area contributed by atoms with Crippen LogP contribution in [0.25, 0.3) is 11.0 Å². The largest absolute Gasteiger partial charge is 0.369 e. The van der Waals surface area contributed by atoms with Gasteiger partial charge in [-0.15, -0.1) is 0 Å². The number of hydrogen-bond donors (Lipinski definition) is 1. The molecule has 0 spiro atoms. The van der Waals surface area contributed by atoms with Crippen molar-refractivity contribution in [1.29, 1.82) is 0 Å². The van der Waals surface area contributed by atoms with Crippen molar-refractivity contribution in [3.05, 3.63) is 95.8 Å². The monoisotopic (exact) mass is 382 g/mol. The lowest BCUT2D eigenvalue weighted by Crippen LogP contribution is -2.46. The number of H-pyrrole nitrogens is 1. The number of para-hydroxylation sites is 1. The summed E-state index contributed by atoms with van der Waals surface area (Å²) in [6, 6.07) is 23.8. The predicted molar refractivity (Wildman–Crippen MR) is 119 cm³/mol. The lowest BCUT2D eigenvalue weighted by atomic mass is 10.0. The highest BCUT2D eigenvalue weighted by atomic mass is 15.3. The average Bonchev–Trinajstić information content (AvgIpc) is 3.18. The second-order valence-electron chi connectivity index (χ2n) is 7.77. The summed E-state index contributed by atoms with van der Waals surface area (Å²) in [6.45, 7) is 5.25. The Labute approximate surface area is 171 Å². The number of rotatable bonds is 5. The van der Waals surface area contributed by atoms with Crippen molar-refractivity contribution < 1.29 is 0 Å². The van der Waals surface area contributed by atoms with Crippen LogP contribution < -0.4 is 4.90 Å². The molecular formula is C25H26N4. The first kappa shape index (κ1) is 18.0. The molecule has 4 nitrogen and oxygen atoms in total. The van der Waals surface area contributed by atoms with E-state index >= 15 is 0 Å². The highest BCUT2D eigenvalue weighted by Crippen LogP contribution is 2.25. The van der Waals surface area contributed by atoms with E-state index in [9.17, 15) is 0 Å². The molecule has 1 saturated heterocycles. The van der Waals surface area contributed by atoms with Crippen molar-refractivity contribution in [3.63, 3.8) is 0 Å². The summed E-state index contributed by atoms with van der Waals surface area (Å²) in [5, 5.41) is 1.24. The Morgan fingerprint density at radius 2 is 1.59 bits per heavy atom. The fraction of sp³-hybridized carbons (Fsp3) is 0.240. The first-order valence-corrected chi connectivity index (χ1v) is 10.4. The molecule has 0 amide bonds. The van der Waals surface area contributed by atoms with Crippen LogP contribution in [0.3, 0.4) is 0 Å². The molecule has 0 atom stereocenters. The molecule has 1 N–H and O–H groups in total. The van der Waals surface area contributed by atoms with Crippen LogP contribution in [0.4, 0.5) is 5.69 Å². The lowest BCUT2D eigenvalue weighted by Gasteiger charge is -2.37. The topological polar surface area (TPSA) is 35.2 Å². The molecule has 3 heterocycles. The van der Waals surface area contributed by atoms with Crippen molar-refractivity contribution >= 4 is 16.7 Å². The van der Waals surface area contributed by atoms with Gasteiger partial charge in [0.15, 0.2) is 0 Å². The van der Waals surface area contributed by atoms with Gasteiger partial charge in [-0.2, -0.15) is 0 Å². The number of fused-ring (bicyclic) bond motifs is 1. The molecule has 1 fully saturated rings. The van der Waals surface area contributed by atoms with E-state index in [2.05, 4.69) is 86.6 Å². The summed E-state index contributed by atoms with van der Waals surface area (Å²) in [5.74, 6) is 0. The molecule has 4 heteroatoms. The van der Waals surface area contributed by atoms with Crippen molar-refractivity contribution in [2.24, 2.45) is 0 Å². The molecule has 0 saturated carbocycles. The van der Waals surface area contributed by atoms with Crippen LogP contribution in [0, 0.1) is 0 Å². The number of hydrogen-bond acceptors (Lipinski definition) is 3. The van der Waals surface area contributed by atoms with Crippen LogP contribution in [-0.2, 0) is 13.0 Å². The van der Waals surface area contributed by atoms with Crippen molar-refractivity contribution in [1.82, 2.24) is 14.9 Å². The Kier molecular flexibility index (Phi) is 5.01. The summed E-state index contributed by atoms with van der Waals surface area (Å²) in [5.41, 5.74) is 6.48. The number of aromatic nitrogens is 2. The number of aromatic amines is 1. The highest BCUT2D eigenvalue weighted by Gasteiger charge is 2.20. The van der Waals surface area contributed by atoms with E-state index in [1.165, 1.54) is 27.8 Å². The number of nitrogens with zero attached hydrogens (tertiary/aromatic N) is 3. The fourth-order valence-electron chi connectivity index (χ4n) is 4.32. The summed E-state index contributed by atoms with van der Waals surface area (Å²) in [6.07, 6.45) is 4.94. The minimum Gasteiger partial charge on any atom is -0.369 e. The molecule has 0 radical (unpaired) electrons. The molecule has 1 aliphatic heterocycles. The van der Waals surface area contributed by atoms with Gasteiger partial charge in [-0.3, -0.25) is 4.90 Å². The van der Waals surface area contributed by atoms with Crippen LogP contribution >= 0.6 is 0 Å². The van der Waals surface area contributed by atoms with Gasteiger partial charge in [-0.1, -0.05) is 48.5 Å². The maximum absolute atomic E-state index is 4.41. The Bertz CT molecular complexity index is 1080. The third-order valence-electron chi connectivity index (χ3n) is 5.87. The average molecular weight is 383 g/mol. The van der Waals surface area contributed by atoms with E-state index in [0.717, 1.165) is 44.8 Å². The quantitative estimate of drug-likeness (QED) is 0.553. The SMILES string of the molecule is c1ccc(Cc2ccccc2N2CCN(Cc3c[nH]c4ncccc34)CC2)cc1. The Hall–Kier alpha value is -3.11. The van der Waals surface area contributed by atoms with Gasteiger partial charge in [0.25, 0.3) is 0 Å². The molecule has 4 aromatic rings. The number of pyridine rings is 1. The number of anilines is 1. The zero-order valence-electron chi connectivity index (χ0n) is 16.6. The highest BCUT2D eigenvalue weighted by molar-refractivity contribution is 5.79. The first-order valence-electron chi connectivity index (χ1n) is 10.4. The van der Waals surface area contributed by atoms with E-state index in [1.54, 1.807) is 0 Å². The van der Waals surface area contributed by atoms with Gasteiger partial charge >= 0.3 is 0 Å². The van der Waals surface area contributed by atoms with E-state index in [0.29, 0.717) is 0 Å². The molecule has 2 aromatic carbocycles. The van der Waals surface area contributed by atoms with Gasteiger partial charge < -0.3 is 9.88 Å². The number of benzene rings is 2. The smallest absolute Gasteiger partial charge is 0.137 e. The van der Waals surface area contributed by atoms with E-state index in [1.807, 2.05) is 12.3 Å². The van der Waals surface area contributed by atoms with Crippen molar-refractivity contribution in [3.8, 4) is 0 Å². The normalized spacial score (nSPS) is 15.1. The molecule has 2 aromatic heterocycles.